The number of carbonyl (C=O) groups is 5. The second-order valence-electron chi connectivity index (χ2n) is 11.0. The zero-order valence-corrected chi connectivity index (χ0v) is 28.0. The third-order valence-electron chi connectivity index (χ3n) is 7.45. The second-order valence-corrected chi connectivity index (χ2v) is 12.1. The zero-order valence-electron chi connectivity index (χ0n) is 27.2. The quantitative estimate of drug-likeness (QED) is 0.164. The molecule has 3 aromatic rings. The average molecular weight is 678 g/mol. The first-order valence-electron chi connectivity index (χ1n) is 15.6. The Morgan fingerprint density at radius 1 is 1.02 bits per heavy atom. The molecule has 1 fully saturated rings. The van der Waals surface area contributed by atoms with Crippen LogP contribution in [0.4, 0.5) is 4.79 Å². The molecule has 2 aromatic carbocycles. The van der Waals surface area contributed by atoms with Crippen LogP contribution in [0.5, 0.6) is 5.75 Å². The maximum Gasteiger partial charge on any atom is 0.415 e. The van der Waals surface area contributed by atoms with E-state index in [-0.39, 0.29) is 98.9 Å². The van der Waals surface area contributed by atoms with Gasteiger partial charge in [0.05, 0.1) is 25.0 Å². The summed E-state index contributed by atoms with van der Waals surface area (Å²) >= 11 is 1.33. The van der Waals surface area contributed by atoms with Gasteiger partial charge in [0.25, 0.3) is 0 Å². The Morgan fingerprint density at radius 3 is 2.46 bits per heavy atom. The van der Waals surface area contributed by atoms with E-state index < -0.39 is 6.09 Å². The Kier molecular flexibility index (Phi) is 13.5. The van der Waals surface area contributed by atoms with Gasteiger partial charge in [-0.25, -0.2) is 4.79 Å². The molecule has 1 saturated heterocycles. The topological polar surface area (TPSA) is 174 Å². The van der Waals surface area contributed by atoms with Crippen LogP contribution >= 0.6 is 11.8 Å². The van der Waals surface area contributed by atoms with E-state index in [1.54, 1.807) is 36.6 Å². The number of nitrogens with zero attached hydrogens (tertiary/aromatic N) is 6. The van der Waals surface area contributed by atoms with Gasteiger partial charge in [-0.3, -0.25) is 24.1 Å². The Bertz CT molecular complexity index is 1590. The molecule has 1 atom stereocenters. The number of nitrogens with one attached hydrogen (secondary N) is 1. The number of benzene rings is 2. The number of hydrogen-bond donors (Lipinski definition) is 1. The SMILES string of the molecule is CCN(Cc1nnc(-c2cccc(CC(=O)CCOCCNC(=O)CCN3C(=O)CC(SC)C3=O)c2)nn1)C(=O)Oc1ccc(C)cc1. The maximum atomic E-state index is 12.6. The number of Topliss-reactive ketones (excluding diaryl/α,β-unsaturated/α-hetero) is 1. The number of rotatable bonds is 17. The molecular weight excluding hydrogens is 638 g/mol. The predicted molar refractivity (Wildman–Crippen MR) is 177 cm³/mol. The number of aryl methyl sites for hydroxylation is 1. The van der Waals surface area contributed by atoms with Gasteiger partial charge >= 0.3 is 6.09 Å². The lowest BCUT2D eigenvalue weighted by Gasteiger charge is -2.18. The van der Waals surface area contributed by atoms with Crippen LogP contribution in [-0.2, 0) is 36.9 Å². The van der Waals surface area contributed by atoms with E-state index in [1.165, 1.54) is 16.7 Å². The summed E-state index contributed by atoms with van der Waals surface area (Å²) in [4.78, 5) is 63.9. The summed E-state index contributed by atoms with van der Waals surface area (Å²) in [7, 11) is 0. The molecule has 4 amide bonds. The van der Waals surface area contributed by atoms with Crippen molar-refractivity contribution < 1.29 is 33.4 Å². The predicted octanol–water partition coefficient (Wildman–Crippen LogP) is 2.78. The molecule has 2 heterocycles. The van der Waals surface area contributed by atoms with Crippen molar-refractivity contribution in [2.45, 2.75) is 51.3 Å². The van der Waals surface area contributed by atoms with Gasteiger partial charge in [-0.1, -0.05) is 35.9 Å². The fourth-order valence-corrected chi connectivity index (χ4v) is 5.38. The van der Waals surface area contributed by atoms with Gasteiger partial charge in [0, 0.05) is 50.9 Å². The first kappa shape index (κ1) is 36.1. The lowest BCUT2D eigenvalue weighted by atomic mass is 10.0. The molecule has 0 saturated carbocycles. The lowest BCUT2D eigenvalue weighted by molar-refractivity contribution is -0.138. The number of hydrogen-bond acceptors (Lipinski definition) is 12. The van der Waals surface area contributed by atoms with Crippen molar-refractivity contribution in [3.8, 4) is 17.1 Å². The summed E-state index contributed by atoms with van der Waals surface area (Å²) in [6.07, 6.45) is 1.83. The van der Waals surface area contributed by atoms with Crippen LogP contribution < -0.4 is 10.1 Å². The van der Waals surface area contributed by atoms with Crippen LogP contribution in [0.15, 0.2) is 48.5 Å². The molecule has 1 aromatic heterocycles. The number of aromatic nitrogens is 4. The summed E-state index contributed by atoms with van der Waals surface area (Å²) in [6, 6.07) is 14.4. The number of imide groups is 1. The number of ketones is 1. The third-order valence-corrected chi connectivity index (χ3v) is 8.39. The monoisotopic (exact) mass is 677 g/mol. The molecule has 1 aliphatic rings. The van der Waals surface area contributed by atoms with Gasteiger partial charge in [-0.05, 0) is 43.9 Å². The van der Waals surface area contributed by atoms with E-state index in [1.807, 2.05) is 32.0 Å². The van der Waals surface area contributed by atoms with Crippen molar-refractivity contribution in [1.82, 2.24) is 35.5 Å². The van der Waals surface area contributed by atoms with Gasteiger partial charge in [0.2, 0.25) is 23.5 Å². The Morgan fingerprint density at radius 2 is 1.77 bits per heavy atom. The highest BCUT2D eigenvalue weighted by atomic mass is 32.2. The standard InChI is InChI=1S/C33H39N7O7S/c1-4-39(33(45)47-26-10-8-22(2)9-11-26)21-28-35-37-31(38-36-28)24-7-5-6-23(18-24)19-25(41)13-16-46-17-14-34-29(42)12-15-40-30(43)20-27(48-3)32(40)44/h5-11,18,27H,4,12-17,19-21H2,1-3H3,(H,34,42). The van der Waals surface area contributed by atoms with Gasteiger partial charge < -0.3 is 19.7 Å². The summed E-state index contributed by atoms with van der Waals surface area (Å²) in [5.41, 5.74) is 2.47. The normalized spacial score (nSPS) is 14.2. The molecule has 15 heteroatoms. The minimum absolute atomic E-state index is 0.0237. The molecule has 14 nitrogen and oxygen atoms in total. The van der Waals surface area contributed by atoms with E-state index in [0.717, 1.165) is 16.0 Å². The smallest absolute Gasteiger partial charge is 0.410 e. The van der Waals surface area contributed by atoms with E-state index >= 15 is 0 Å². The van der Waals surface area contributed by atoms with Crippen LogP contribution in [0, 0.1) is 6.92 Å². The van der Waals surface area contributed by atoms with E-state index in [2.05, 4.69) is 25.7 Å². The van der Waals surface area contributed by atoms with Crippen molar-refractivity contribution in [1.29, 1.82) is 0 Å². The maximum absolute atomic E-state index is 12.6. The Labute approximate surface area is 283 Å². The molecule has 0 radical (unpaired) electrons. The summed E-state index contributed by atoms with van der Waals surface area (Å²) in [6.45, 7) is 4.96. The van der Waals surface area contributed by atoms with E-state index in [4.69, 9.17) is 9.47 Å². The number of thioether (sulfide) groups is 1. The Hall–Kier alpha value is -4.76. The molecule has 0 bridgehead atoms. The van der Waals surface area contributed by atoms with Crippen LogP contribution in [-0.4, -0.2) is 104 Å². The van der Waals surface area contributed by atoms with Gasteiger partial charge in [0.1, 0.15) is 11.5 Å². The minimum atomic E-state index is -0.532. The molecule has 0 spiro atoms. The van der Waals surface area contributed by atoms with Gasteiger partial charge in [-0.15, -0.1) is 20.4 Å². The molecule has 1 N–H and O–H groups in total. The van der Waals surface area contributed by atoms with Crippen LogP contribution in [0.25, 0.3) is 11.4 Å². The number of ether oxygens (including phenoxy) is 2. The van der Waals surface area contributed by atoms with E-state index in [9.17, 15) is 24.0 Å². The highest BCUT2D eigenvalue weighted by Crippen LogP contribution is 2.23. The average Bonchev–Trinajstić information content (AvgIpc) is 3.36. The fraction of sp³-hybridized carbons (Fsp3) is 0.424. The molecular formula is C33H39N7O7S. The first-order valence-corrected chi connectivity index (χ1v) is 16.9. The van der Waals surface area contributed by atoms with Crippen molar-refractivity contribution in [3.63, 3.8) is 0 Å². The minimum Gasteiger partial charge on any atom is -0.410 e. The number of likely N-dealkylation sites (tertiary alicyclic amines) is 1. The molecule has 254 valence electrons. The summed E-state index contributed by atoms with van der Waals surface area (Å²) in [5.74, 6) is 0.180. The fourth-order valence-electron chi connectivity index (χ4n) is 4.74. The van der Waals surface area contributed by atoms with Crippen LogP contribution in [0.3, 0.4) is 0 Å². The van der Waals surface area contributed by atoms with E-state index in [0.29, 0.717) is 17.9 Å². The third kappa shape index (κ3) is 10.6. The van der Waals surface area contributed by atoms with Crippen LogP contribution in [0.1, 0.15) is 43.1 Å². The van der Waals surface area contributed by atoms with Crippen molar-refractivity contribution >= 4 is 41.4 Å². The Balaban J connectivity index is 1.15. The molecule has 1 unspecified atom stereocenters. The largest absolute Gasteiger partial charge is 0.415 e. The molecule has 0 aliphatic carbocycles. The van der Waals surface area contributed by atoms with Crippen molar-refractivity contribution in [2.75, 3.05) is 39.1 Å². The van der Waals surface area contributed by atoms with Gasteiger partial charge in [-0.2, -0.15) is 11.8 Å². The molecule has 1 aliphatic heterocycles. The number of carbonyl (C=O) groups excluding carboxylic acids is 5. The van der Waals surface area contributed by atoms with Crippen molar-refractivity contribution in [3.05, 3.63) is 65.5 Å². The lowest BCUT2D eigenvalue weighted by Crippen LogP contribution is -2.36. The molecule has 48 heavy (non-hydrogen) atoms. The zero-order chi connectivity index (χ0) is 34.5. The van der Waals surface area contributed by atoms with Crippen LogP contribution in [0.2, 0.25) is 0 Å². The first-order chi connectivity index (χ1) is 23.2. The van der Waals surface area contributed by atoms with Gasteiger partial charge in [0.15, 0.2) is 5.82 Å². The highest BCUT2D eigenvalue weighted by Gasteiger charge is 2.37. The molecule has 4 rings (SSSR count). The number of amides is 4. The second kappa shape index (κ2) is 18.0. The summed E-state index contributed by atoms with van der Waals surface area (Å²) < 4.78 is 10.9. The summed E-state index contributed by atoms with van der Waals surface area (Å²) in [5, 5.41) is 19.0. The highest BCUT2D eigenvalue weighted by molar-refractivity contribution is 8.00. The van der Waals surface area contributed by atoms with Crippen molar-refractivity contribution in [2.24, 2.45) is 0 Å².